The number of phenols is 1. The Morgan fingerprint density at radius 2 is 1.78 bits per heavy atom. The van der Waals surface area contributed by atoms with Gasteiger partial charge in [0.2, 0.25) is 5.91 Å². The van der Waals surface area contributed by atoms with E-state index in [1.807, 2.05) is 18.2 Å². The molecule has 5 rings (SSSR count). The molecule has 3 N–H and O–H groups in total. The maximum atomic E-state index is 14.4. The molecule has 3 aliphatic rings. The number of rotatable bonds is 12. The summed E-state index contributed by atoms with van der Waals surface area (Å²) in [5.41, 5.74) is 9.00. The zero-order valence-corrected chi connectivity index (χ0v) is 27.4. The number of nitrogens with two attached hydrogens (primary N) is 1. The summed E-state index contributed by atoms with van der Waals surface area (Å²) in [6.07, 6.45) is -0.133. The molecular weight excluding hydrogens is 590 g/mol. The van der Waals surface area contributed by atoms with E-state index in [0.717, 1.165) is 12.1 Å². The molecule has 0 aromatic heterocycles. The third-order valence-corrected chi connectivity index (χ3v) is 9.79. The number of ether oxygens (including phenoxy) is 4. The summed E-state index contributed by atoms with van der Waals surface area (Å²) in [5, 5.41) is 11.4. The minimum absolute atomic E-state index is 0.123. The van der Waals surface area contributed by atoms with Gasteiger partial charge in [-0.3, -0.25) is 24.2 Å². The number of benzene rings is 2. The summed E-state index contributed by atoms with van der Waals surface area (Å²) in [6, 6.07) is 11.1. The van der Waals surface area contributed by atoms with Crippen LogP contribution in [0.1, 0.15) is 40.4 Å². The lowest BCUT2D eigenvalue weighted by Gasteiger charge is -2.51. The maximum absolute atomic E-state index is 14.4. The van der Waals surface area contributed by atoms with Crippen LogP contribution in [0.15, 0.2) is 47.7 Å². The van der Waals surface area contributed by atoms with E-state index >= 15 is 0 Å². The van der Waals surface area contributed by atoms with Crippen LogP contribution in [-0.4, -0.2) is 93.3 Å². The Bertz CT molecular complexity index is 1510. The van der Waals surface area contributed by atoms with Gasteiger partial charge < -0.3 is 29.8 Å². The molecule has 3 aliphatic carbocycles. The van der Waals surface area contributed by atoms with Gasteiger partial charge in [0.25, 0.3) is 0 Å². The monoisotopic (exact) mass is 635 g/mol. The first-order chi connectivity index (χ1) is 22.1. The first-order valence-corrected chi connectivity index (χ1v) is 15.7. The molecule has 0 bridgehead atoms. The van der Waals surface area contributed by atoms with Gasteiger partial charge in [0.1, 0.15) is 30.0 Å². The van der Waals surface area contributed by atoms with Crippen molar-refractivity contribution >= 4 is 17.5 Å². The number of primary amides is 1. The highest BCUT2D eigenvalue weighted by atomic mass is 16.7. The van der Waals surface area contributed by atoms with Crippen LogP contribution >= 0.6 is 0 Å². The zero-order chi connectivity index (χ0) is 33.3. The van der Waals surface area contributed by atoms with Crippen LogP contribution in [0.4, 0.5) is 0 Å². The number of amides is 1. The summed E-state index contributed by atoms with van der Waals surface area (Å²) in [4.78, 5) is 45.1. The van der Waals surface area contributed by atoms with Gasteiger partial charge in [-0.15, -0.1) is 0 Å². The first kappa shape index (κ1) is 33.6. The number of ketones is 2. The van der Waals surface area contributed by atoms with Crippen LogP contribution in [0.3, 0.4) is 0 Å². The predicted molar refractivity (Wildman–Crippen MR) is 170 cm³/mol. The van der Waals surface area contributed by atoms with Gasteiger partial charge in [-0.1, -0.05) is 37.3 Å². The van der Waals surface area contributed by atoms with Crippen molar-refractivity contribution in [1.82, 2.24) is 9.80 Å². The fourth-order valence-corrected chi connectivity index (χ4v) is 7.99. The van der Waals surface area contributed by atoms with Gasteiger partial charge in [-0.25, -0.2) is 0 Å². The molecule has 11 nitrogen and oxygen atoms in total. The van der Waals surface area contributed by atoms with Gasteiger partial charge in [-0.2, -0.15) is 0 Å². The Hall–Kier alpha value is -3.77. The molecule has 1 saturated carbocycles. The standard InChI is InChI=1S/C35H45N3O8/c1-7-38(16-19-11-9-8-10-12-19)17-21-15-24(39)26-23(32(21)44-5)14-20-13-22-27(33(45-6)25(20)30(26)40)34(46-18-43-4)28(35(36)42)31(41)29(22)37(2)3/h8-12,15,20,22,27-29,34,39H,7,13-14,16-18H2,1-6H3,(H2,36,42). The fourth-order valence-electron chi connectivity index (χ4n) is 7.99. The van der Waals surface area contributed by atoms with E-state index in [4.69, 9.17) is 24.7 Å². The van der Waals surface area contributed by atoms with Gasteiger partial charge >= 0.3 is 0 Å². The average molecular weight is 636 g/mol. The van der Waals surface area contributed by atoms with Crippen molar-refractivity contribution in [1.29, 1.82) is 0 Å². The van der Waals surface area contributed by atoms with E-state index in [9.17, 15) is 19.5 Å². The quantitative estimate of drug-likeness (QED) is 0.264. The largest absolute Gasteiger partial charge is 0.507 e. The molecule has 0 aliphatic heterocycles. The first-order valence-electron chi connectivity index (χ1n) is 15.7. The number of fused-ring (bicyclic) bond motifs is 3. The Morgan fingerprint density at radius 3 is 2.37 bits per heavy atom. The second-order valence-corrected chi connectivity index (χ2v) is 12.6. The Kier molecular flexibility index (Phi) is 10.2. The summed E-state index contributed by atoms with van der Waals surface area (Å²) in [5.74, 6) is -3.24. The second-order valence-electron chi connectivity index (χ2n) is 12.6. The van der Waals surface area contributed by atoms with Crippen molar-refractivity contribution in [2.45, 2.75) is 45.0 Å². The third kappa shape index (κ3) is 5.92. The van der Waals surface area contributed by atoms with E-state index in [0.29, 0.717) is 48.6 Å². The van der Waals surface area contributed by atoms with E-state index in [2.05, 4.69) is 24.0 Å². The minimum atomic E-state index is -1.26. The molecule has 0 radical (unpaired) electrons. The number of hydrogen-bond acceptors (Lipinski definition) is 10. The van der Waals surface area contributed by atoms with Crippen molar-refractivity contribution in [3.63, 3.8) is 0 Å². The Balaban J connectivity index is 1.60. The number of methoxy groups -OCH3 is 3. The molecule has 1 amide bonds. The van der Waals surface area contributed by atoms with Crippen LogP contribution < -0.4 is 10.5 Å². The summed E-state index contributed by atoms with van der Waals surface area (Å²) in [6.45, 7) is 3.89. The minimum Gasteiger partial charge on any atom is -0.507 e. The molecule has 11 heteroatoms. The van der Waals surface area contributed by atoms with Crippen molar-refractivity contribution in [2.75, 3.05) is 48.8 Å². The summed E-state index contributed by atoms with van der Waals surface area (Å²) >= 11 is 0. The van der Waals surface area contributed by atoms with E-state index in [-0.39, 0.29) is 41.5 Å². The molecular formula is C35H45N3O8. The highest BCUT2D eigenvalue weighted by Gasteiger charge is 2.59. The lowest BCUT2D eigenvalue weighted by Crippen LogP contribution is -2.63. The Morgan fingerprint density at radius 1 is 1.07 bits per heavy atom. The number of carbonyl (C=O) groups excluding carboxylic acids is 3. The number of nitrogens with zero attached hydrogens (tertiary/aromatic N) is 2. The van der Waals surface area contributed by atoms with E-state index in [1.165, 1.54) is 19.8 Å². The molecule has 46 heavy (non-hydrogen) atoms. The second kappa shape index (κ2) is 13.9. The molecule has 0 heterocycles. The number of allylic oxidation sites excluding steroid dienone is 1. The lowest BCUT2D eigenvalue weighted by molar-refractivity contribution is -0.171. The number of Topliss-reactive ketones (excluding diaryl/α,β-unsaturated/α-hetero) is 2. The number of likely N-dealkylation sites (N-methyl/N-ethyl adjacent to an activating group) is 1. The molecule has 1 fully saturated rings. The Labute approximate surface area is 270 Å². The van der Waals surface area contributed by atoms with Gasteiger partial charge in [0, 0.05) is 42.8 Å². The van der Waals surface area contributed by atoms with Crippen molar-refractivity contribution in [3.8, 4) is 11.5 Å². The molecule has 6 atom stereocenters. The smallest absolute Gasteiger partial charge is 0.230 e. The van der Waals surface area contributed by atoms with Crippen LogP contribution in [-0.2, 0) is 43.3 Å². The van der Waals surface area contributed by atoms with Crippen LogP contribution in [0, 0.1) is 23.7 Å². The SMILES string of the molecule is CCN(Cc1ccccc1)Cc1cc(O)c2c(c1OC)CC1CC3C(C(OC)=C1C2=O)C(OCOC)C(C(N)=O)C(=O)C3N(C)C. The van der Waals surface area contributed by atoms with Gasteiger partial charge in [0.05, 0.1) is 31.9 Å². The average Bonchev–Trinajstić information content (AvgIpc) is 3.02. The van der Waals surface area contributed by atoms with E-state index < -0.39 is 29.9 Å². The van der Waals surface area contributed by atoms with E-state index in [1.54, 1.807) is 32.2 Å². The van der Waals surface area contributed by atoms with Gasteiger partial charge in [0.15, 0.2) is 11.6 Å². The normalized spacial score (nSPS) is 25.7. The summed E-state index contributed by atoms with van der Waals surface area (Å²) in [7, 11) is 8.10. The fraction of sp³-hybridized carbons (Fsp3) is 0.514. The van der Waals surface area contributed by atoms with Crippen molar-refractivity contribution < 1.29 is 38.4 Å². The molecule has 2 aromatic rings. The molecule has 0 saturated heterocycles. The number of carbonyl (C=O) groups is 3. The van der Waals surface area contributed by atoms with Crippen LogP contribution in [0.5, 0.6) is 11.5 Å². The number of phenolic OH excluding ortho intramolecular Hbond substituents is 1. The third-order valence-electron chi connectivity index (χ3n) is 9.79. The lowest BCUT2D eigenvalue weighted by atomic mass is 9.58. The summed E-state index contributed by atoms with van der Waals surface area (Å²) < 4.78 is 23.1. The maximum Gasteiger partial charge on any atom is 0.230 e. The topological polar surface area (TPSA) is 141 Å². The van der Waals surface area contributed by atoms with Gasteiger partial charge in [-0.05, 0) is 56.9 Å². The molecule has 248 valence electrons. The highest BCUT2D eigenvalue weighted by Crippen LogP contribution is 2.53. The predicted octanol–water partition coefficient (Wildman–Crippen LogP) is 2.92. The van der Waals surface area contributed by atoms with Crippen LogP contribution in [0.2, 0.25) is 0 Å². The molecule has 6 unspecified atom stereocenters. The molecule has 0 spiro atoms. The number of hydrogen-bond donors (Lipinski definition) is 2. The van der Waals surface area contributed by atoms with Crippen LogP contribution in [0.25, 0.3) is 0 Å². The molecule has 2 aromatic carbocycles. The van der Waals surface area contributed by atoms with Crippen molar-refractivity contribution in [2.24, 2.45) is 29.4 Å². The zero-order valence-electron chi connectivity index (χ0n) is 27.4. The highest BCUT2D eigenvalue weighted by molar-refractivity contribution is 6.14. The van der Waals surface area contributed by atoms with Crippen molar-refractivity contribution in [3.05, 3.63) is 70.0 Å². The number of aromatic hydroxyl groups is 1.